The van der Waals surface area contributed by atoms with Crippen molar-refractivity contribution in [3.05, 3.63) is 35.1 Å². The first kappa shape index (κ1) is 10.7. The number of nitrogens with zero attached hydrogens (tertiary/aromatic N) is 1. The number of benzene rings is 1. The Labute approximate surface area is 98.2 Å². The summed E-state index contributed by atoms with van der Waals surface area (Å²) in [6.07, 6.45) is -0.131. The van der Waals surface area contributed by atoms with Crippen LogP contribution in [0.4, 0.5) is 8.78 Å². The van der Waals surface area contributed by atoms with Crippen molar-refractivity contribution in [2.75, 3.05) is 0 Å². The van der Waals surface area contributed by atoms with Crippen molar-refractivity contribution in [2.45, 2.75) is 38.0 Å². The molecule has 1 amide bonds. The summed E-state index contributed by atoms with van der Waals surface area (Å²) in [4.78, 5) is 13.3. The smallest absolute Gasteiger partial charge is 0.223 e. The van der Waals surface area contributed by atoms with Crippen LogP contribution in [0.25, 0.3) is 0 Å². The van der Waals surface area contributed by atoms with Gasteiger partial charge in [-0.15, -0.1) is 0 Å². The van der Waals surface area contributed by atoms with Crippen LogP contribution in [-0.2, 0) is 4.79 Å². The van der Waals surface area contributed by atoms with Gasteiger partial charge in [0.1, 0.15) is 12.0 Å². The van der Waals surface area contributed by atoms with Gasteiger partial charge >= 0.3 is 0 Å². The molecule has 1 saturated heterocycles. The van der Waals surface area contributed by atoms with Crippen molar-refractivity contribution in [2.24, 2.45) is 0 Å². The summed E-state index contributed by atoms with van der Waals surface area (Å²) in [6, 6.07) is 3.56. The fourth-order valence-corrected chi connectivity index (χ4v) is 3.00. The van der Waals surface area contributed by atoms with Crippen LogP contribution >= 0.6 is 0 Å². The van der Waals surface area contributed by atoms with Crippen molar-refractivity contribution in [1.82, 2.24) is 4.90 Å². The van der Waals surface area contributed by atoms with Gasteiger partial charge in [0.2, 0.25) is 5.91 Å². The van der Waals surface area contributed by atoms with Crippen LogP contribution in [0.2, 0.25) is 0 Å². The summed E-state index contributed by atoms with van der Waals surface area (Å²) in [7, 11) is 0. The second-order valence-electron chi connectivity index (χ2n) is 4.77. The summed E-state index contributed by atoms with van der Waals surface area (Å²) >= 11 is 0. The van der Waals surface area contributed by atoms with Gasteiger partial charge in [-0.2, -0.15) is 0 Å². The average molecular weight is 237 g/mol. The minimum absolute atomic E-state index is 0.0277. The molecule has 2 heterocycles. The molecule has 2 aliphatic heterocycles. The number of hydrogen-bond acceptors (Lipinski definition) is 1. The van der Waals surface area contributed by atoms with Crippen LogP contribution in [0, 0.1) is 5.82 Å². The molecule has 0 aliphatic carbocycles. The number of carbonyl (C=O) groups is 1. The van der Waals surface area contributed by atoms with Crippen LogP contribution in [0.5, 0.6) is 0 Å². The van der Waals surface area contributed by atoms with E-state index in [0.717, 1.165) is 0 Å². The highest BCUT2D eigenvalue weighted by Crippen LogP contribution is 2.46. The van der Waals surface area contributed by atoms with E-state index >= 15 is 0 Å². The Kier molecular flexibility index (Phi) is 2.21. The summed E-state index contributed by atoms with van der Waals surface area (Å²) < 4.78 is 27.4. The maximum atomic E-state index is 14.2. The lowest BCUT2D eigenvalue weighted by molar-refractivity contribution is -0.133. The third kappa shape index (κ3) is 1.39. The molecule has 90 valence electrons. The number of amides is 1. The van der Waals surface area contributed by atoms with Crippen molar-refractivity contribution >= 4 is 5.91 Å². The van der Waals surface area contributed by atoms with Gasteiger partial charge in [-0.3, -0.25) is 4.79 Å². The molecular weight excluding hydrogens is 224 g/mol. The molecule has 0 radical (unpaired) electrons. The Hall–Kier alpha value is -1.45. The normalized spacial score (nSPS) is 31.4. The van der Waals surface area contributed by atoms with E-state index in [2.05, 4.69) is 0 Å². The Balaban J connectivity index is 2.16. The lowest BCUT2D eigenvalue weighted by Gasteiger charge is -2.39. The molecule has 3 unspecified atom stereocenters. The van der Waals surface area contributed by atoms with Gasteiger partial charge in [0.05, 0.1) is 12.1 Å². The molecule has 0 saturated carbocycles. The van der Waals surface area contributed by atoms with Gasteiger partial charge in [0.25, 0.3) is 0 Å². The first-order valence-electron chi connectivity index (χ1n) is 5.84. The zero-order chi connectivity index (χ0) is 12.2. The molecular formula is C13H13F2NO. The van der Waals surface area contributed by atoms with Crippen molar-refractivity contribution < 1.29 is 13.6 Å². The van der Waals surface area contributed by atoms with E-state index in [4.69, 9.17) is 0 Å². The minimum Gasteiger partial charge on any atom is -0.330 e. The van der Waals surface area contributed by atoms with Crippen LogP contribution in [0.1, 0.15) is 43.1 Å². The maximum absolute atomic E-state index is 14.2. The molecule has 0 N–H and O–H groups in total. The Morgan fingerprint density at radius 2 is 2.12 bits per heavy atom. The number of halogens is 2. The molecule has 0 spiro atoms. The largest absolute Gasteiger partial charge is 0.330 e. The van der Waals surface area contributed by atoms with Gasteiger partial charge in [0, 0.05) is 6.42 Å². The van der Waals surface area contributed by atoms with Gasteiger partial charge in [-0.1, -0.05) is 6.07 Å². The zero-order valence-electron chi connectivity index (χ0n) is 9.49. The van der Waals surface area contributed by atoms with E-state index in [1.54, 1.807) is 11.8 Å². The van der Waals surface area contributed by atoms with Gasteiger partial charge in [-0.25, -0.2) is 8.78 Å². The Morgan fingerprint density at radius 3 is 2.88 bits per heavy atom. The molecule has 17 heavy (non-hydrogen) atoms. The Morgan fingerprint density at radius 1 is 1.35 bits per heavy atom. The Bertz CT molecular complexity index is 488. The third-order valence-corrected chi connectivity index (χ3v) is 3.82. The SMILES string of the molecule is CC1C(F)c2ccc(F)cc2C2CCC(=O)N21. The first-order chi connectivity index (χ1) is 8.09. The highest BCUT2D eigenvalue weighted by molar-refractivity contribution is 5.80. The number of rotatable bonds is 0. The number of carbonyl (C=O) groups excluding carboxylic acids is 1. The van der Waals surface area contributed by atoms with Crippen molar-refractivity contribution in [3.63, 3.8) is 0 Å². The van der Waals surface area contributed by atoms with Crippen LogP contribution in [-0.4, -0.2) is 16.8 Å². The second-order valence-corrected chi connectivity index (χ2v) is 4.77. The summed E-state index contributed by atoms with van der Waals surface area (Å²) in [6.45, 7) is 1.72. The lowest BCUT2D eigenvalue weighted by atomic mass is 9.88. The van der Waals surface area contributed by atoms with E-state index in [0.29, 0.717) is 24.0 Å². The molecule has 2 nitrogen and oxygen atoms in total. The topological polar surface area (TPSA) is 20.3 Å². The fourth-order valence-electron chi connectivity index (χ4n) is 3.00. The summed E-state index contributed by atoms with van der Waals surface area (Å²) in [5.41, 5.74) is 1.18. The maximum Gasteiger partial charge on any atom is 0.223 e. The number of hydrogen-bond donors (Lipinski definition) is 0. The highest BCUT2D eigenvalue weighted by Gasteiger charge is 2.44. The highest BCUT2D eigenvalue weighted by atomic mass is 19.1. The van der Waals surface area contributed by atoms with E-state index in [9.17, 15) is 13.6 Å². The van der Waals surface area contributed by atoms with Gasteiger partial charge in [0.15, 0.2) is 0 Å². The van der Waals surface area contributed by atoms with Crippen LogP contribution < -0.4 is 0 Å². The van der Waals surface area contributed by atoms with Crippen molar-refractivity contribution in [3.8, 4) is 0 Å². The van der Waals surface area contributed by atoms with Crippen molar-refractivity contribution in [1.29, 1.82) is 0 Å². The molecule has 1 fully saturated rings. The minimum atomic E-state index is -1.22. The first-order valence-corrected chi connectivity index (χ1v) is 5.84. The number of fused-ring (bicyclic) bond motifs is 3. The second kappa shape index (κ2) is 3.52. The molecule has 0 aromatic heterocycles. The van der Waals surface area contributed by atoms with Gasteiger partial charge in [-0.05, 0) is 36.6 Å². The fraction of sp³-hybridized carbons (Fsp3) is 0.462. The molecule has 1 aromatic carbocycles. The molecule has 3 atom stereocenters. The van der Waals surface area contributed by atoms with E-state index < -0.39 is 12.2 Å². The lowest BCUT2D eigenvalue weighted by Crippen LogP contribution is -2.42. The summed E-state index contributed by atoms with van der Waals surface area (Å²) in [5.74, 6) is -0.398. The third-order valence-electron chi connectivity index (χ3n) is 3.82. The predicted octanol–water partition coefficient (Wildman–Crippen LogP) is 2.90. The molecule has 0 bridgehead atoms. The van der Waals surface area contributed by atoms with Gasteiger partial charge < -0.3 is 4.90 Å². The standard InChI is InChI=1S/C13H13F2NO/c1-7-13(15)9-3-2-8(14)6-10(9)11-4-5-12(17)16(7)11/h2-3,6-7,11,13H,4-5H2,1H3. The van der Waals surface area contributed by atoms with E-state index in [1.807, 2.05) is 0 Å². The predicted molar refractivity (Wildman–Crippen MR) is 58.5 cm³/mol. The molecule has 4 heteroatoms. The van der Waals surface area contributed by atoms with Crippen LogP contribution in [0.3, 0.4) is 0 Å². The zero-order valence-corrected chi connectivity index (χ0v) is 9.49. The molecule has 2 aliphatic rings. The number of alkyl halides is 1. The summed E-state index contributed by atoms with van der Waals surface area (Å²) in [5, 5.41) is 0. The van der Waals surface area contributed by atoms with E-state index in [-0.39, 0.29) is 17.8 Å². The quantitative estimate of drug-likeness (QED) is 0.679. The average Bonchev–Trinajstić information content (AvgIpc) is 2.68. The van der Waals surface area contributed by atoms with Crippen LogP contribution in [0.15, 0.2) is 18.2 Å². The molecule has 1 aromatic rings. The monoisotopic (exact) mass is 237 g/mol. The van der Waals surface area contributed by atoms with E-state index in [1.165, 1.54) is 18.2 Å². The molecule has 3 rings (SSSR count).